The molecule has 41 atom stereocenters. The monoisotopic (exact) mass is 1510 g/mol. The summed E-state index contributed by atoms with van der Waals surface area (Å²) in [5.41, 5.74) is -1.68. The van der Waals surface area contributed by atoms with Gasteiger partial charge in [-0.2, -0.15) is 0 Å². The van der Waals surface area contributed by atoms with Gasteiger partial charge < -0.3 is 168 Å². The molecular weight excluding hydrogens is 1400 g/mol. The number of aliphatic hydroxyl groups is 20. The predicted molar refractivity (Wildman–Crippen MR) is 347 cm³/mol. The van der Waals surface area contributed by atoms with Crippen molar-refractivity contribution in [3.63, 3.8) is 0 Å². The molecule has 0 amide bonds. The third-order valence-corrected chi connectivity index (χ3v) is 26.9. The van der Waals surface area contributed by atoms with Gasteiger partial charge in [0.1, 0.15) is 153 Å². The zero-order valence-electron chi connectivity index (χ0n) is 60.3. The molecule has 105 heavy (non-hydrogen) atoms. The van der Waals surface area contributed by atoms with Crippen LogP contribution in [-0.4, -0.2) is 357 Å². The molecule has 41 unspecified atom stereocenters. The first-order chi connectivity index (χ1) is 49.4. The van der Waals surface area contributed by atoms with Gasteiger partial charge in [-0.05, 0) is 116 Å². The molecule has 20 N–H and O–H groups in total. The van der Waals surface area contributed by atoms with Crippen LogP contribution in [0.4, 0.5) is 0 Å². The number of carbonyl (C=O) groups excluding carboxylic acids is 1. The van der Waals surface area contributed by atoms with Crippen molar-refractivity contribution >= 4 is 5.97 Å². The number of carbonyl (C=O) groups is 1. The summed E-state index contributed by atoms with van der Waals surface area (Å²) in [6, 6.07) is 0. The molecule has 0 aromatic heterocycles. The number of ether oxygens (including phenoxy) is 14. The Morgan fingerprint density at radius 2 is 1.03 bits per heavy atom. The first-order valence-electron chi connectivity index (χ1n) is 37.0. The Balaban J connectivity index is 0.715. The van der Waals surface area contributed by atoms with E-state index in [4.69, 9.17) is 66.3 Å². The van der Waals surface area contributed by atoms with Crippen molar-refractivity contribution in [2.24, 2.45) is 50.2 Å². The molecule has 0 radical (unpaired) electrons. The van der Waals surface area contributed by atoms with Crippen LogP contribution < -0.4 is 0 Å². The number of hydrogen-bond acceptors (Lipinski definition) is 35. The maximum absolute atomic E-state index is 15.4. The zero-order chi connectivity index (χ0) is 76.4. The molecule has 12 rings (SSSR count). The lowest BCUT2D eigenvalue weighted by atomic mass is 9.33. The van der Waals surface area contributed by atoms with Crippen molar-refractivity contribution in [3.05, 3.63) is 11.6 Å². The van der Waals surface area contributed by atoms with Crippen molar-refractivity contribution in [2.75, 3.05) is 39.6 Å². The highest BCUT2D eigenvalue weighted by atomic mass is 16.8. The second-order valence-electron chi connectivity index (χ2n) is 33.8. The topological polar surface area (TPSA) is 551 Å². The third-order valence-electron chi connectivity index (χ3n) is 26.9. The van der Waals surface area contributed by atoms with Gasteiger partial charge in [0.2, 0.25) is 6.29 Å². The Bertz CT molecular complexity index is 2970. The Labute approximate surface area is 607 Å². The van der Waals surface area contributed by atoms with Gasteiger partial charge in [-0.1, -0.05) is 60.1 Å². The van der Waals surface area contributed by atoms with Crippen LogP contribution in [-0.2, 0) is 71.1 Å². The van der Waals surface area contributed by atoms with E-state index in [-0.39, 0.29) is 34.0 Å². The first kappa shape index (κ1) is 82.4. The molecule has 0 aromatic carbocycles. The van der Waals surface area contributed by atoms with E-state index in [1.165, 1.54) is 12.5 Å². The quantitative estimate of drug-likeness (QED) is 0.0325. The molecule has 5 aliphatic carbocycles. The minimum absolute atomic E-state index is 0.0740. The molecule has 4 saturated carbocycles. The van der Waals surface area contributed by atoms with Gasteiger partial charge in [-0.25, -0.2) is 0 Å². The van der Waals surface area contributed by atoms with Gasteiger partial charge >= 0.3 is 5.97 Å². The van der Waals surface area contributed by atoms with E-state index in [1.54, 1.807) is 0 Å². The number of rotatable bonds is 19. The third kappa shape index (κ3) is 14.5. The first-order valence-corrected chi connectivity index (χ1v) is 37.0. The van der Waals surface area contributed by atoms with Crippen LogP contribution in [0.2, 0.25) is 0 Å². The fourth-order valence-corrected chi connectivity index (χ4v) is 20.3. The minimum atomic E-state index is -2.01. The summed E-state index contributed by atoms with van der Waals surface area (Å²) in [4.78, 5) is 15.4. The van der Waals surface area contributed by atoms with Gasteiger partial charge in [0.15, 0.2) is 37.7 Å². The Morgan fingerprint density at radius 3 is 1.66 bits per heavy atom. The molecular formula is C70H114O35. The largest absolute Gasteiger partial charge is 0.432 e. The van der Waals surface area contributed by atoms with Crippen molar-refractivity contribution < 1.29 is 173 Å². The predicted octanol–water partition coefficient (Wildman–Crippen LogP) is -6.26. The summed E-state index contributed by atoms with van der Waals surface area (Å²) in [5.74, 6) is -0.757. The SMILES string of the molecule is CC1OC(OC2COC(OC3CCC4(C)C(CCC5(C)C4CC=C4C6CC(C)(C)CCC6(C(=O)OC6OC(CO)C(OC7OC(C(O)CO)C(O)C7OC7OC(CO)C(O)C(O)C7O)C(O)C6O)CCC45C)C3(C)C)C(O)C2O)C(OC2OCC(O)C(O)C2O)C(OC2OC(CO)C(O)C(O)C2O)C1O. The van der Waals surface area contributed by atoms with E-state index in [0.717, 1.165) is 19.3 Å². The van der Waals surface area contributed by atoms with Crippen LogP contribution in [0, 0.1) is 50.2 Å². The smallest absolute Gasteiger partial charge is 0.315 e. The molecule has 11 fully saturated rings. The fraction of sp³-hybridized carbons (Fsp3) is 0.957. The zero-order valence-corrected chi connectivity index (χ0v) is 60.3. The summed E-state index contributed by atoms with van der Waals surface area (Å²) in [7, 11) is 0. The molecule has 7 aliphatic heterocycles. The highest BCUT2D eigenvalue weighted by Crippen LogP contribution is 2.76. The molecule has 35 nitrogen and oxygen atoms in total. The number of aliphatic hydroxyl groups excluding tert-OH is 20. The molecule has 35 heteroatoms. The molecule has 12 aliphatic rings. The van der Waals surface area contributed by atoms with Crippen LogP contribution in [0.25, 0.3) is 0 Å². The normalized spacial score (nSPS) is 53.7. The Morgan fingerprint density at radius 1 is 0.486 bits per heavy atom. The van der Waals surface area contributed by atoms with Crippen molar-refractivity contribution in [1.29, 1.82) is 0 Å². The van der Waals surface area contributed by atoms with Gasteiger partial charge in [-0.3, -0.25) is 4.79 Å². The lowest BCUT2D eigenvalue weighted by Gasteiger charge is -2.71. The fourth-order valence-electron chi connectivity index (χ4n) is 20.3. The minimum Gasteiger partial charge on any atom is -0.432 e. The van der Waals surface area contributed by atoms with Gasteiger partial charge in [-0.15, -0.1) is 0 Å². The Kier molecular flexibility index (Phi) is 24.6. The van der Waals surface area contributed by atoms with Crippen LogP contribution in [0.5, 0.6) is 0 Å². The summed E-state index contributed by atoms with van der Waals surface area (Å²) < 4.78 is 84.2. The Hall–Kier alpha value is -2.11. The maximum atomic E-state index is 15.4. The molecule has 7 heterocycles. The summed E-state index contributed by atoms with van der Waals surface area (Å²) in [6.07, 6.45) is -48.7. The average molecular weight is 1520 g/mol. The second-order valence-corrected chi connectivity index (χ2v) is 33.8. The average Bonchev–Trinajstić information content (AvgIpc) is 0.878. The molecule has 0 bridgehead atoms. The van der Waals surface area contributed by atoms with Crippen LogP contribution in [0.1, 0.15) is 120 Å². The molecule has 604 valence electrons. The van der Waals surface area contributed by atoms with E-state index in [0.29, 0.717) is 44.9 Å². The number of hydrogen-bond donors (Lipinski definition) is 20. The van der Waals surface area contributed by atoms with Gasteiger partial charge in [0, 0.05) is 0 Å². The van der Waals surface area contributed by atoms with E-state index < -0.39 is 271 Å². The van der Waals surface area contributed by atoms with E-state index >= 15 is 4.79 Å². The highest BCUT2D eigenvalue weighted by Gasteiger charge is 2.71. The van der Waals surface area contributed by atoms with Crippen LogP contribution in [0.3, 0.4) is 0 Å². The van der Waals surface area contributed by atoms with E-state index in [2.05, 4.69) is 54.5 Å². The van der Waals surface area contributed by atoms with E-state index in [1.807, 2.05) is 0 Å². The lowest BCUT2D eigenvalue weighted by Crippen LogP contribution is -2.67. The van der Waals surface area contributed by atoms with Crippen LogP contribution in [0.15, 0.2) is 11.6 Å². The molecule has 7 saturated heterocycles. The summed E-state index contributed by atoms with van der Waals surface area (Å²) >= 11 is 0. The standard InChI is InChI=1S/C70H114O35/c1-26-38(77)54(102-59-48(87)43(82)40(79)31(21-72)95-59)56(104-58-46(85)39(78)30(76)24-92-58)63(94-26)98-34-25-93-57(47(86)42(34)81)99-37-12-13-67(6)35(66(37,4)5)11-14-69(8)36(67)10-9-27-28-19-65(2,3)15-17-70(28,18-16-68(27,69)7)64(91)105-61-50(89)45(84)53(33(23-74)97-61)101-62-55(51(90)52(100-62)29(75)20-71)103-60-49(88)44(83)41(80)32(22-73)96-60/h9,26,28-63,71-90H,10-25H2,1-8H3. The van der Waals surface area contributed by atoms with Crippen LogP contribution >= 0.6 is 0 Å². The lowest BCUT2D eigenvalue weighted by molar-refractivity contribution is -0.396. The van der Waals surface area contributed by atoms with E-state index in [9.17, 15) is 102 Å². The number of fused-ring (bicyclic) bond motifs is 7. The number of esters is 1. The molecule has 0 spiro atoms. The summed E-state index contributed by atoms with van der Waals surface area (Å²) in [6.45, 7) is 12.8. The maximum Gasteiger partial charge on any atom is 0.315 e. The van der Waals surface area contributed by atoms with Crippen molar-refractivity contribution in [1.82, 2.24) is 0 Å². The summed E-state index contributed by atoms with van der Waals surface area (Å²) in [5, 5.41) is 217. The second kappa shape index (κ2) is 31.3. The van der Waals surface area contributed by atoms with Crippen molar-refractivity contribution in [3.8, 4) is 0 Å². The van der Waals surface area contributed by atoms with Gasteiger partial charge in [0.05, 0.1) is 57.3 Å². The molecule has 0 aromatic rings. The van der Waals surface area contributed by atoms with Gasteiger partial charge in [0.25, 0.3) is 0 Å². The number of allylic oxidation sites excluding steroid dienone is 2. The van der Waals surface area contributed by atoms with Crippen molar-refractivity contribution in [2.45, 2.75) is 328 Å². The highest BCUT2D eigenvalue weighted by molar-refractivity contribution is 5.79.